The van der Waals surface area contributed by atoms with Gasteiger partial charge >= 0.3 is 5.97 Å². The molecule has 4 rings (SSSR count). The van der Waals surface area contributed by atoms with Crippen molar-refractivity contribution >= 4 is 50.8 Å². The zero-order valence-electron chi connectivity index (χ0n) is 20.7. The van der Waals surface area contributed by atoms with E-state index in [2.05, 4.69) is 4.72 Å². The first-order valence-electron chi connectivity index (χ1n) is 11.8. The number of nitrogens with one attached hydrogen (secondary N) is 1. The molecule has 10 nitrogen and oxygen atoms in total. The van der Waals surface area contributed by atoms with E-state index in [1.54, 1.807) is 49.2 Å². The Bertz CT molecular complexity index is 1540. The molecule has 1 N–H and O–H groups in total. The Hall–Kier alpha value is -3.28. The number of amides is 1. The van der Waals surface area contributed by atoms with Crippen molar-refractivity contribution in [3.8, 4) is 5.69 Å². The van der Waals surface area contributed by atoms with E-state index in [1.807, 2.05) is 0 Å². The highest BCUT2D eigenvalue weighted by Gasteiger charge is 2.27. The third-order valence-electron chi connectivity index (χ3n) is 6.35. The van der Waals surface area contributed by atoms with Gasteiger partial charge in [-0.05, 0) is 50.5 Å². The normalized spacial score (nSPS) is 13.8. The number of carbonyl (C=O) groups is 2. The van der Waals surface area contributed by atoms with Crippen molar-refractivity contribution in [1.29, 1.82) is 0 Å². The number of esters is 1. The highest BCUT2D eigenvalue weighted by atomic mass is 35.5. The van der Waals surface area contributed by atoms with Crippen LogP contribution in [0.25, 0.3) is 5.69 Å². The van der Waals surface area contributed by atoms with Gasteiger partial charge in [-0.1, -0.05) is 41.4 Å². The van der Waals surface area contributed by atoms with E-state index in [1.165, 1.54) is 9.36 Å². The van der Waals surface area contributed by atoms with Crippen LogP contribution in [0.5, 0.6) is 0 Å². The molecule has 2 heterocycles. The van der Waals surface area contributed by atoms with E-state index in [0.717, 1.165) is 31.4 Å². The summed E-state index contributed by atoms with van der Waals surface area (Å²) in [6, 6.07) is 10.9. The largest absolute Gasteiger partial charge is 0.452 e. The van der Waals surface area contributed by atoms with Gasteiger partial charge in [0, 0.05) is 20.1 Å². The van der Waals surface area contributed by atoms with Crippen molar-refractivity contribution in [3.05, 3.63) is 74.1 Å². The van der Waals surface area contributed by atoms with Gasteiger partial charge in [0.15, 0.2) is 6.61 Å². The van der Waals surface area contributed by atoms with Gasteiger partial charge in [0.05, 0.1) is 27.0 Å². The molecule has 0 aliphatic carbocycles. The van der Waals surface area contributed by atoms with Crippen molar-refractivity contribution in [1.82, 2.24) is 14.3 Å². The number of anilines is 1. The van der Waals surface area contributed by atoms with E-state index < -0.39 is 33.1 Å². The number of rotatable bonds is 7. The third-order valence-corrected chi connectivity index (χ3v) is 8.63. The molecule has 0 unspecified atom stereocenters. The smallest absolute Gasteiger partial charge is 0.338 e. The van der Waals surface area contributed by atoms with Crippen LogP contribution in [-0.2, 0) is 26.6 Å². The van der Waals surface area contributed by atoms with Gasteiger partial charge in [-0.3, -0.25) is 19.0 Å². The quantitative estimate of drug-likeness (QED) is 0.425. The van der Waals surface area contributed by atoms with Crippen LogP contribution in [0.4, 0.5) is 5.69 Å². The second-order valence-corrected chi connectivity index (χ2v) is 11.3. The molecule has 13 heteroatoms. The summed E-state index contributed by atoms with van der Waals surface area (Å²) >= 11 is 12.4. The van der Waals surface area contributed by atoms with Gasteiger partial charge < -0.3 is 9.64 Å². The van der Waals surface area contributed by atoms with E-state index in [9.17, 15) is 22.8 Å². The van der Waals surface area contributed by atoms with Gasteiger partial charge in [0.2, 0.25) is 0 Å². The number of para-hydroxylation sites is 1. The molecule has 0 atom stereocenters. The van der Waals surface area contributed by atoms with Crippen LogP contribution in [0.2, 0.25) is 10.0 Å². The zero-order chi connectivity index (χ0) is 27.6. The van der Waals surface area contributed by atoms with Crippen molar-refractivity contribution < 1.29 is 22.7 Å². The topological polar surface area (TPSA) is 120 Å². The molecule has 0 bridgehead atoms. The minimum absolute atomic E-state index is 0.191. The van der Waals surface area contributed by atoms with Crippen LogP contribution in [0.15, 0.2) is 52.2 Å². The van der Waals surface area contributed by atoms with Gasteiger partial charge in [-0.15, -0.1) is 0 Å². The summed E-state index contributed by atoms with van der Waals surface area (Å²) in [5, 5.41) is -0.549. The summed E-state index contributed by atoms with van der Waals surface area (Å²) < 4.78 is 37.0. The lowest BCUT2D eigenvalue weighted by Crippen LogP contribution is -2.38. The fraction of sp³-hybridized carbons (Fsp3) is 0.320. The molecule has 1 aromatic heterocycles. The summed E-state index contributed by atoms with van der Waals surface area (Å²) in [6.45, 7) is 2.30. The Morgan fingerprint density at radius 1 is 1.05 bits per heavy atom. The number of piperidine rings is 1. The maximum absolute atomic E-state index is 13.4. The van der Waals surface area contributed by atoms with Gasteiger partial charge in [-0.2, -0.15) is 0 Å². The van der Waals surface area contributed by atoms with Gasteiger partial charge in [0.1, 0.15) is 10.6 Å². The Morgan fingerprint density at radius 3 is 2.37 bits per heavy atom. The maximum atomic E-state index is 13.4. The minimum Gasteiger partial charge on any atom is -0.452 e. The lowest BCUT2D eigenvalue weighted by molar-refractivity contribution is -0.135. The summed E-state index contributed by atoms with van der Waals surface area (Å²) in [7, 11) is -2.86. The van der Waals surface area contributed by atoms with E-state index in [-0.39, 0.29) is 27.2 Å². The zero-order valence-corrected chi connectivity index (χ0v) is 23.1. The number of benzene rings is 2. The summed E-state index contributed by atoms with van der Waals surface area (Å²) in [4.78, 5) is 39.3. The fourth-order valence-corrected chi connectivity index (χ4v) is 6.13. The van der Waals surface area contributed by atoms with Crippen LogP contribution in [0.1, 0.15) is 35.3 Å². The number of halogens is 2. The molecule has 3 aromatic rings. The Balaban J connectivity index is 1.60. The van der Waals surface area contributed by atoms with Crippen molar-refractivity contribution in [3.63, 3.8) is 0 Å². The molecule has 0 radical (unpaired) electrons. The molecular formula is C25H26Cl2N4O6S. The second-order valence-electron chi connectivity index (χ2n) is 8.83. The predicted octanol–water partition coefficient (Wildman–Crippen LogP) is 3.76. The minimum atomic E-state index is -4.48. The van der Waals surface area contributed by atoms with E-state index >= 15 is 0 Å². The molecule has 1 fully saturated rings. The predicted molar refractivity (Wildman–Crippen MR) is 144 cm³/mol. The average molecular weight is 581 g/mol. The summed E-state index contributed by atoms with van der Waals surface area (Å²) in [5.41, 5.74) is -0.120. The Kier molecular flexibility index (Phi) is 8.19. The number of hydrogen-bond acceptors (Lipinski definition) is 6. The molecule has 1 aliphatic heterocycles. The van der Waals surface area contributed by atoms with Crippen LogP contribution in [0.3, 0.4) is 0 Å². The maximum Gasteiger partial charge on any atom is 0.338 e. The monoisotopic (exact) mass is 580 g/mol. The number of carbonyl (C=O) groups excluding carboxylic acids is 2. The highest BCUT2D eigenvalue weighted by molar-refractivity contribution is 7.92. The number of ether oxygens (including phenoxy) is 1. The molecule has 1 saturated heterocycles. The van der Waals surface area contributed by atoms with E-state index in [0.29, 0.717) is 24.5 Å². The van der Waals surface area contributed by atoms with Gasteiger partial charge in [0.25, 0.3) is 21.5 Å². The number of likely N-dealkylation sites (tertiary alicyclic amines) is 1. The lowest BCUT2D eigenvalue weighted by atomic mass is 10.1. The molecule has 0 spiro atoms. The first kappa shape index (κ1) is 27.7. The van der Waals surface area contributed by atoms with Crippen LogP contribution < -0.4 is 10.3 Å². The van der Waals surface area contributed by atoms with Crippen LogP contribution in [0, 0.1) is 6.92 Å². The number of nitrogens with zero attached hydrogens (tertiary/aromatic N) is 3. The first-order chi connectivity index (χ1) is 18.0. The number of sulfonamides is 1. The van der Waals surface area contributed by atoms with Crippen molar-refractivity contribution in [2.24, 2.45) is 7.05 Å². The fourth-order valence-electron chi connectivity index (χ4n) is 4.20. The van der Waals surface area contributed by atoms with Crippen LogP contribution in [-0.4, -0.2) is 54.3 Å². The van der Waals surface area contributed by atoms with Crippen molar-refractivity contribution in [2.75, 3.05) is 24.4 Å². The Labute approximate surface area is 229 Å². The molecule has 202 valence electrons. The Morgan fingerprint density at radius 2 is 1.71 bits per heavy atom. The summed E-state index contributed by atoms with van der Waals surface area (Å²) in [6.07, 6.45) is 2.82. The highest BCUT2D eigenvalue weighted by Crippen LogP contribution is 2.32. The summed E-state index contributed by atoms with van der Waals surface area (Å²) in [5.74, 6) is -1.27. The van der Waals surface area contributed by atoms with Crippen molar-refractivity contribution in [2.45, 2.75) is 31.1 Å². The molecule has 2 aromatic carbocycles. The average Bonchev–Trinajstić information content (AvgIpc) is 3.11. The molecule has 1 aliphatic rings. The molecule has 38 heavy (non-hydrogen) atoms. The first-order valence-corrected chi connectivity index (χ1v) is 14.1. The third kappa shape index (κ3) is 5.59. The molecule has 0 saturated carbocycles. The second kappa shape index (κ2) is 11.2. The standard InChI is InChI=1S/C25H26Cl2N4O6S/c1-16-23(24(33)31(29(16)2)18-9-5-3-6-10-18)28-38(35,36)20-14-17(13-19(26)22(20)27)25(34)37-15-21(32)30-11-7-4-8-12-30/h3,5-6,9-10,13-14,28H,4,7-8,11-12,15H2,1-2H3. The molecular weight excluding hydrogens is 555 g/mol. The van der Waals surface area contributed by atoms with Gasteiger partial charge in [-0.25, -0.2) is 17.9 Å². The number of aromatic nitrogens is 2. The molecule has 1 amide bonds. The number of hydrogen-bond donors (Lipinski definition) is 1. The van der Waals surface area contributed by atoms with E-state index in [4.69, 9.17) is 27.9 Å². The SMILES string of the molecule is Cc1c(NS(=O)(=O)c2cc(C(=O)OCC(=O)N3CCCCC3)cc(Cl)c2Cl)c(=O)n(-c2ccccc2)n1C. The van der Waals surface area contributed by atoms with Crippen LogP contribution >= 0.6 is 23.2 Å². The lowest BCUT2D eigenvalue weighted by Gasteiger charge is -2.26.